The van der Waals surface area contributed by atoms with Gasteiger partial charge in [0.2, 0.25) is 0 Å². The van der Waals surface area contributed by atoms with E-state index in [1.807, 2.05) is 0 Å². The number of thiazole rings is 1. The van der Waals surface area contributed by atoms with Gasteiger partial charge in [-0.05, 0) is 30.4 Å². The standard InChI is InChI=1S/C8H6FN3S2/c9-4-1-2-5-6(3-4)14-8(11-5)12-7(10)13/h1-3H,(H3,10,11,12,13). The number of aromatic nitrogens is 1. The van der Waals surface area contributed by atoms with E-state index < -0.39 is 0 Å². The zero-order valence-corrected chi connectivity index (χ0v) is 8.58. The highest BCUT2D eigenvalue weighted by atomic mass is 32.1. The smallest absolute Gasteiger partial charge is 0.190 e. The summed E-state index contributed by atoms with van der Waals surface area (Å²) < 4.78 is 13.6. The van der Waals surface area contributed by atoms with Crippen molar-refractivity contribution >= 4 is 44.0 Å². The molecule has 1 aromatic heterocycles. The zero-order valence-electron chi connectivity index (χ0n) is 6.95. The van der Waals surface area contributed by atoms with Gasteiger partial charge in [-0.15, -0.1) is 0 Å². The van der Waals surface area contributed by atoms with Crippen LogP contribution in [0.3, 0.4) is 0 Å². The molecule has 0 saturated heterocycles. The Morgan fingerprint density at radius 2 is 2.36 bits per heavy atom. The molecule has 2 aromatic rings. The number of hydrogen-bond donors (Lipinski definition) is 2. The van der Waals surface area contributed by atoms with E-state index in [2.05, 4.69) is 22.5 Å². The molecule has 0 unspecified atom stereocenters. The van der Waals surface area contributed by atoms with Gasteiger partial charge in [0.05, 0.1) is 10.2 Å². The van der Waals surface area contributed by atoms with Crippen LogP contribution in [0, 0.1) is 5.82 Å². The Hall–Kier alpha value is -1.27. The molecule has 0 bridgehead atoms. The van der Waals surface area contributed by atoms with Gasteiger partial charge in [-0.25, -0.2) is 9.37 Å². The molecule has 0 aliphatic heterocycles. The van der Waals surface area contributed by atoms with Crippen LogP contribution < -0.4 is 11.1 Å². The zero-order chi connectivity index (χ0) is 10.1. The summed E-state index contributed by atoms with van der Waals surface area (Å²) in [5.41, 5.74) is 6.02. The molecule has 2 rings (SSSR count). The van der Waals surface area contributed by atoms with E-state index in [0.29, 0.717) is 5.13 Å². The molecule has 0 amide bonds. The van der Waals surface area contributed by atoms with Crippen molar-refractivity contribution in [1.82, 2.24) is 4.98 Å². The quantitative estimate of drug-likeness (QED) is 0.732. The predicted octanol–water partition coefficient (Wildman–Crippen LogP) is 2.09. The third kappa shape index (κ3) is 1.80. The molecule has 3 N–H and O–H groups in total. The Kier molecular flexibility index (Phi) is 2.30. The maximum atomic E-state index is 12.8. The van der Waals surface area contributed by atoms with E-state index in [9.17, 15) is 4.39 Å². The van der Waals surface area contributed by atoms with Crippen LogP contribution in [-0.4, -0.2) is 10.1 Å². The highest BCUT2D eigenvalue weighted by Crippen LogP contribution is 2.26. The molecule has 1 heterocycles. The summed E-state index contributed by atoms with van der Waals surface area (Å²) in [7, 11) is 0. The lowest BCUT2D eigenvalue weighted by Crippen LogP contribution is -2.18. The van der Waals surface area contributed by atoms with Crippen LogP contribution >= 0.6 is 23.6 Å². The fourth-order valence-electron chi connectivity index (χ4n) is 1.06. The normalized spacial score (nSPS) is 10.4. The van der Waals surface area contributed by atoms with Crippen LogP contribution in [0.25, 0.3) is 10.2 Å². The van der Waals surface area contributed by atoms with E-state index in [-0.39, 0.29) is 10.9 Å². The average molecular weight is 227 g/mol. The summed E-state index contributed by atoms with van der Waals surface area (Å²) in [5, 5.41) is 3.45. The molecule has 1 aromatic carbocycles. The molecule has 0 radical (unpaired) electrons. The van der Waals surface area contributed by atoms with Crippen molar-refractivity contribution in [1.29, 1.82) is 0 Å². The first kappa shape index (κ1) is 9.29. The van der Waals surface area contributed by atoms with E-state index in [1.165, 1.54) is 23.5 Å². The first-order valence-corrected chi connectivity index (χ1v) is 5.00. The number of nitrogens with zero attached hydrogens (tertiary/aromatic N) is 1. The van der Waals surface area contributed by atoms with Crippen LogP contribution in [0.5, 0.6) is 0 Å². The fraction of sp³-hybridized carbons (Fsp3) is 0. The Bertz CT molecular complexity index is 494. The molecule has 0 spiro atoms. The lowest BCUT2D eigenvalue weighted by molar-refractivity contribution is 0.630. The number of halogens is 1. The van der Waals surface area contributed by atoms with E-state index in [0.717, 1.165) is 10.2 Å². The number of fused-ring (bicyclic) bond motifs is 1. The van der Waals surface area contributed by atoms with E-state index >= 15 is 0 Å². The minimum Gasteiger partial charge on any atom is -0.376 e. The average Bonchev–Trinajstić information content (AvgIpc) is 2.44. The second kappa shape index (κ2) is 3.47. The predicted molar refractivity (Wildman–Crippen MR) is 60.0 cm³/mol. The fourth-order valence-corrected chi connectivity index (χ4v) is 2.12. The van der Waals surface area contributed by atoms with Gasteiger partial charge < -0.3 is 11.1 Å². The lowest BCUT2D eigenvalue weighted by atomic mass is 10.3. The lowest BCUT2D eigenvalue weighted by Gasteiger charge is -1.94. The number of rotatable bonds is 1. The van der Waals surface area contributed by atoms with Crippen molar-refractivity contribution in [3.8, 4) is 0 Å². The van der Waals surface area contributed by atoms with Crippen LogP contribution in [0.1, 0.15) is 0 Å². The monoisotopic (exact) mass is 227 g/mol. The van der Waals surface area contributed by atoms with Crippen molar-refractivity contribution in [3.63, 3.8) is 0 Å². The molecule has 6 heteroatoms. The third-order valence-corrected chi connectivity index (χ3v) is 2.62. The molecule has 0 saturated carbocycles. The molecule has 0 fully saturated rings. The van der Waals surface area contributed by atoms with Crippen molar-refractivity contribution in [3.05, 3.63) is 24.0 Å². The summed E-state index contributed by atoms with van der Waals surface area (Å²) in [6.45, 7) is 0. The molecule has 0 atom stereocenters. The number of anilines is 1. The SMILES string of the molecule is NC(=S)Nc1nc2ccc(F)cc2s1. The van der Waals surface area contributed by atoms with Crippen molar-refractivity contribution in [2.45, 2.75) is 0 Å². The highest BCUT2D eigenvalue weighted by Gasteiger charge is 2.04. The number of thiocarbonyl (C=S) groups is 1. The largest absolute Gasteiger partial charge is 0.376 e. The van der Waals surface area contributed by atoms with Crippen molar-refractivity contribution in [2.75, 3.05) is 5.32 Å². The van der Waals surface area contributed by atoms with Crippen LogP contribution in [0.4, 0.5) is 9.52 Å². The Morgan fingerprint density at radius 3 is 3.07 bits per heavy atom. The first-order valence-electron chi connectivity index (χ1n) is 3.78. The Labute approximate surface area is 88.8 Å². The third-order valence-electron chi connectivity index (χ3n) is 1.58. The minimum absolute atomic E-state index is 0.157. The minimum atomic E-state index is -0.275. The second-order valence-corrected chi connectivity index (χ2v) is 4.09. The number of nitrogens with two attached hydrogens (primary N) is 1. The molecule has 3 nitrogen and oxygen atoms in total. The van der Waals surface area contributed by atoms with Gasteiger partial charge in [0.25, 0.3) is 0 Å². The van der Waals surface area contributed by atoms with Crippen LogP contribution in [0.2, 0.25) is 0 Å². The molecular weight excluding hydrogens is 221 g/mol. The van der Waals surface area contributed by atoms with Gasteiger partial charge in [-0.2, -0.15) is 0 Å². The van der Waals surface area contributed by atoms with Gasteiger partial charge >= 0.3 is 0 Å². The molecule has 14 heavy (non-hydrogen) atoms. The summed E-state index contributed by atoms with van der Waals surface area (Å²) in [5.74, 6) is -0.275. The molecule has 0 aliphatic rings. The summed E-state index contributed by atoms with van der Waals surface area (Å²) in [4.78, 5) is 4.17. The summed E-state index contributed by atoms with van der Waals surface area (Å²) in [6.07, 6.45) is 0. The Morgan fingerprint density at radius 1 is 1.57 bits per heavy atom. The molecular formula is C8H6FN3S2. The van der Waals surface area contributed by atoms with E-state index in [4.69, 9.17) is 5.73 Å². The second-order valence-electron chi connectivity index (χ2n) is 2.62. The topological polar surface area (TPSA) is 50.9 Å². The van der Waals surface area contributed by atoms with Gasteiger partial charge in [-0.1, -0.05) is 11.3 Å². The maximum Gasteiger partial charge on any atom is 0.190 e. The van der Waals surface area contributed by atoms with Crippen molar-refractivity contribution < 1.29 is 4.39 Å². The first-order chi connectivity index (χ1) is 6.65. The maximum absolute atomic E-state index is 12.8. The van der Waals surface area contributed by atoms with Gasteiger partial charge in [0.15, 0.2) is 10.2 Å². The highest BCUT2D eigenvalue weighted by molar-refractivity contribution is 7.80. The van der Waals surface area contributed by atoms with Crippen molar-refractivity contribution in [2.24, 2.45) is 5.73 Å². The van der Waals surface area contributed by atoms with Gasteiger partial charge in [0, 0.05) is 0 Å². The summed E-state index contributed by atoms with van der Waals surface area (Å²) in [6, 6.07) is 4.41. The number of benzene rings is 1. The van der Waals surface area contributed by atoms with E-state index in [1.54, 1.807) is 6.07 Å². The molecule has 0 aliphatic carbocycles. The van der Waals surface area contributed by atoms with Crippen LogP contribution in [0.15, 0.2) is 18.2 Å². The Balaban J connectivity index is 2.46. The van der Waals surface area contributed by atoms with Gasteiger partial charge in [-0.3, -0.25) is 0 Å². The number of hydrogen-bond acceptors (Lipinski definition) is 3. The van der Waals surface area contributed by atoms with Gasteiger partial charge in [0.1, 0.15) is 5.82 Å². The summed E-state index contributed by atoms with van der Waals surface area (Å²) >= 11 is 5.98. The van der Waals surface area contributed by atoms with Crippen LogP contribution in [-0.2, 0) is 0 Å². The number of nitrogens with one attached hydrogen (secondary N) is 1. The molecule has 72 valence electrons.